The van der Waals surface area contributed by atoms with Gasteiger partial charge in [-0.2, -0.15) is 0 Å². The maximum absolute atomic E-state index is 11.0. The molecular formula is C12H24N2O2. The molecule has 94 valence electrons. The Kier molecular flexibility index (Phi) is 5.22. The Morgan fingerprint density at radius 1 is 1.38 bits per heavy atom. The lowest BCUT2D eigenvalue weighted by Gasteiger charge is -2.32. The molecule has 1 aliphatic heterocycles. The molecule has 0 aromatic carbocycles. The average Bonchev–Trinajstić information content (AvgIpc) is 2.40. The molecule has 0 amide bonds. The second-order valence-corrected chi connectivity index (χ2v) is 4.67. The molecule has 1 atom stereocenters. The highest BCUT2D eigenvalue weighted by Crippen LogP contribution is 2.25. The van der Waals surface area contributed by atoms with Gasteiger partial charge in [0.05, 0.1) is 6.42 Å². The lowest BCUT2D eigenvalue weighted by atomic mass is 9.87. The molecule has 1 unspecified atom stereocenters. The molecule has 1 rings (SSSR count). The number of nitrogens with zero attached hydrogens (tertiary/aromatic N) is 1. The maximum Gasteiger partial charge on any atom is 0.305 e. The Morgan fingerprint density at radius 3 is 2.69 bits per heavy atom. The van der Waals surface area contributed by atoms with Crippen LogP contribution in [0, 0.1) is 0 Å². The number of carbonyl (C=O) groups is 1. The molecule has 1 fully saturated rings. The van der Waals surface area contributed by atoms with E-state index in [9.17, 15) is 4.79 Å². The number of aliphatic carboxylic acids is 1. The van der Waals surface area contributed by atoms with Crippen molar-refractivity contribution in [3.8, 4) is 0 Å². The second-order valence-electron chi connectivity index (χ2n) is 4.67. The number of likely N-dealkylation sites (tertiary alicyclic amines) is 1. The number of carboxylic acids is 1. The van der Waals surface area contributed by atoms with Crippen LogP contribution in [-0.2, 0) is 4.79 Å². The SMILES string of the molecule is CCNC1(CC(=O)O)CCCN(CC)CC1. The van der Waals surface area contributed by atoms with Gasteiger partial charge in [0.2, 0.25) is 0 Å². The molecule has 0 aromatic rings. The van der Waals surface area contributed by atoms with E-state index in [0.29, 0.717) is 0 Å². The minimum absolute atomic E-state index is 0.176. The highest BCUT2D eigenvalue weighted by atomic mass is 16.4. The number of nitrogens with one attached hydrogen (secondary N) is 1. The highest BCUT2D eigenvalue weighted by Gasteiger charge is 2.33. The summed E-state index contributed by atoms with van der Waals surface area (Å²) in [7, 11) is 0. The first-order valence-corrected chi connectivity index (χ1v) is 6.31. The van der Waals surface area contributed by atoms with E-state index in [4.69, 9.17) is 5.11 Å². The molecule has 1 heterocycles. The van der Waals surface area contributed by atoms with Crippen molar-refractivity contribution in [3.05, 3.63) is 0 Å². The number of carboxylic acid groups (broad SMARTS) is 1. The van der Waals surface area contributed by atoms with Gasteiger partial charge >= 0.3 is 5.97 Å². The van der Waals surface area contributed by atoms with E-state index in [1.165, 1.54) is 0 Å². The van der Waals surface area contributed by atoms with Gasteiger partial charge in [-0.1, -0.05) is 13.8 Å². The van der Waals surface area contributed by atoms with Crippen LogP contribution in [0.2, 0.25) is 0 Å². The minimum atomic E-state index is -0.689. The molecule has 1 saturated heterocycles. The lowest BCUT2D eigenvalue weighted by Crippen LogP contribution is -2.47. The summed E-state index contributed by atoms with van der Waals surface area (Å²) in [5.41, 5.74) is -0.176. The number of hydrogen-bond donors (Lipinski definition) is 2. The monoisotopic (exact) mass is 228 g/mol. The number of rotatable bonds is 5. The summed E-state index contributed by atoms with van der Waals surface area (Å²) in [5, 5.41) is 12.4. The molecule has 1 aliphatic rings. The van der Waals surface area contributed by atoms with E-state index < -0.39 is 5.97 Å². The topological polar surface area (TPSA) is 52.6 Å². The third-order valence-corrected chi connectivity index (χ3v) is 3.52. The summed E-state index contributed by atoms with van der Waals surface area (Å²) in [5.74, 6) is -0.689. The molecule has 0 aromatic heterocycles. The molecular weight excluding hydrogens is 204 g/mol. The van der Waals surface area contributed by atoms with Crippen molar-refractivity contribution >= 4 is 5.97 Å². The molecule has 0 aliphatic carbocycles. The van der Waals surface area contributed by atoms with Crippen LogP contribution < -0.4 is 5.32 Å². The summed E-state index contributed by atoms with van der Waals surface area (Å²) in [6.45, 7) is 8.23. The molecule has 0 bridgehead atoms. The largest absolute Gasteiger partial charge is 0.481 e. The molecule has 16 heavy (non-hydrogen) atoms. The first kappa shape index (κ1) is 13.5. The fourth-order valence-corrected chi connectivity index (χ4v) is 2.65. The first-order valence-electron chi connectivity index (χ1n) is 6.31. The van der Waals surface area contributed by atoms with Gasteiger partial charge in [-0.05, 0) is 45.4 Å². The van der Waals surface area contributed by atoms with Gasteiger partial charge in [-0.15, -0.1) is 0 Å². The third kappa shape index (κ3) is 3.76. The van der Waals surface area contributed by atoms with Crippen LogP contribution in [-0.4, -0.2) is 47.7 Å². The van der Waals surface area contributed by atoms with Gasteiger partial charge in [0.1, 0.15) is 0 Å². The zero-order chi connectivity index (χ0) is 12.0. The molecule has 4 nitrogen and oxygen atoms in total. The summed E-state index contributed by atoms with van der Waals surface area (Å²) < 4.78 is 0. The predicted molar refractivity (Wildman–Crippen MR) is 64.6 cm³/mol. The molecule has 0 saturated carbocycles. The van der Waals surface area contributed by atoms with Gasteiger partial charge in [-0.3, -0.25) is 4.79 Å². The van der Waals surface area contributed by atoms with Crippen LogP contribution in [0.25, 0.3) is 0 Å². The van der Waals surface area contributed by atoms with Gasteiger partial charge in [0.25, 0.3) is 0 Å². The van der Waals surface area contributed by atoms with Crippen LogP contribution in [0.15, 0.2) is 0 Å². The zero-order valence-electron chi connectivity index (χ0n) is 10.5. The molecule has 2 N–H and O–H groups in total. The fraction of sp³-hybridized carbons (Fsp3) is 0.917. The van der Waals surface area contributed by atoms with E-state index in [0.717, 1.165) is 45.4 Å². The van der Waals surface area contributed by atoms with Crippen molar-refractivity contribution in [1.82, 2.24) is 10.2 Å². The molecule has 4 heteroatoms. The van der Waals surface area contributed by atoms with Gasteiger partial charge < -0.3 is 15.3 Å². The Hall–Kier alpha value is -0.610. The summed E-state index contributed by atoms with van der Waals surface area (Å²) in [6, 6.07) is 0. The Bertz CT molecular complexity index is 233. The van der Waals surface area contributed by atoms with Crippen LogP contribution in [0.4, 0.5) is 0 Å². The average molecular weight is 228 g/mol. The normalized spacial score (nSPS) is 27.6. The fourth-order valence-electron chi connectivity index (χ4n) is 2.65. The zero-order valence-corrected chi connectivity index (χ0v) is 10.5. The van der Waals surface area contributed by atoms with Crippen molar-refractivity contribution < 1.29 is 9.90 Å². The number of hydrogen-bond acceptors (Lipinski definition) is 3. The van der Waals surface area contributed by atoms with Gasteiger partial charge in [0, 0.05) is 5.54 Å². The van der Waals surface area contributed by atoms with Crippen LogP contribution in [0.3, 0.4) is 0 Å². The maximum atomic E-state index is 11.0. The van der Waals surface area contributed by atoms with Gasteiger partial charge in [-0.25, -0.2) is 0 Å². The third-order valence-electron chi connectivity index (χ3n) is 3.52. The lowest BCUT2D eigenvalue weighted by molar-refractivity contribution is -0.138. The van der Waals surface area contributed by atoms with Crippen molar-refractivity contribution in [3.63, 3.8) is 0 Å². The highest BCUT2D eigenvalue weighted by molar-refractivity contribution is 5.68. The van der Waals surface area contributed by atoms with Crippen LogP contribution >= 0.6 is 0 Å². The van der Waals surface area contributed by atoms with Crippen molar-refractivity contribution in [2.45, 2.75) is 45.1 Å². The molecule has 0 spiro atoms. The summed E-state index contributed by atoms with van der Waals surface area (Å²) >= 11 is 0. The van der Waals surface area contributed by atoms with Crippen LogP contribution in [0.1, 0.15) is 39.5 Å². The Morgan fingerprint density at radius 2 is 2.12 bits per heavy atom. The summed E-state index contributed by atoms with van der Waals surface area (Å²) in [6.07, 6.45) is 3.26. The standard InChI is InChI=1S/C12H24N2O2/c1-3-13-12(10-11(15)16)6-5-8-14(4-2)9-7-12/h13H,3-10H2,1-2H3,(H,15,16). The van der Waals surface area contributed by atoms with Crippen molar-refractivity contribution in [2.24, 2.45) is 0 Å². The van der Waals surface area contributed by atoms with Gasteiger partial charge in [0.15, 0.2) is 0 Å². The van der Waals surface area contributed by atoms with E-state index in [-0.39, 0.29) is 12.0 Å². The minimum Gasteiger partial charge on any atom is -0.481 e. The first-order chi connectivity index (χ1) is 7.62. The Balaban J connectivity index is 2.65. The van der Waals surface area contributed by atoms with Crippen molar-refractivity contribution in [2.75, 3.05) is 26.2 Å². The quantitative estimate of drug-likeness (QED) is 0.745. The van der Waals surface area contributed by atoms with E-state index >= 15 is 0 Å². The van der Waals surface area contributed by atoms with Crippen molar-refractivity contribution in [1.29, 1.82) is 0 Å². The Labute approximate surface area is 98.0 Å². The summed E-state index contributed by atoms with van der Waals surface area (Å²) in [4.78, 5) is 13.4. The predicted octanol–water partition coefficient (Wildman–Crippen LogP) is 1.32. The van der Waals surface area contributed by atoms with E-state index in [1.54, 1.807) is 0 Å². The second kappa shape index (κ2) is 6.21. The van der Waals surface area contributed by atoms with Crippen LogP contribution in [0.5, 0.6) is 0 Å². The van der Waals surface area contributed by atoms with E-state index in [1.807, 2.05) is 6.92 Å². The molecule has 0 radical (unpaired) electrons. The smallest absolute Gasteiger partial charge is 0.305 e. The van der Waals surface area contributed by atoms with E-state index in [2.05, 4.69) is 17.1 Å².